The van der Waals surface area contributed by atoms with E-state index in [-0.39, 0.29) is 52.6 Å². The van der Waals surface area contributed by atoms with Gasteiger partial charge in [0.25, 0.3) is 0 Å². The molecule has 36 nitrogen and oxygen atoms in total. The van der Waals surface area contributed by atoms with Crippen molar-refractivity contribution in [2.75, 3.05) is 13.7 Å². The van der Waals surface area contributed by atoms with Gasteiger partial charge in [0.15, 0.2) is 36.2 Å². The molecule has 38 heteroatoms. The number of aliphatic hydroxyl groups excluding tert-OH is 6. The molecule has 13 rings (SSSR count). The number of carbonyl (C=O) groups is 8. The van der Waals surface area contributed by atoms with Gasteiger partial charge in [-0.1, -0.05) is 55.2 Å². The first kappa shape index (κ1) is 82.6. The van der Waals surface area contributed by atoms with Crippen molar-refractivity contribution in [1.29, 1.82) is 0 Å². The second-order valence-electron chi connectivity index (χ2n) is 29.3. The van der Waals surface area contributed by atoms with Gasteiger partial charge in [0.1, 0.15) is 89.5 Å². The Morgan fingerprint density at radius 2 is 1.23 bits per heavy atom. The number of benzene rings is 5. The van der Waals surface area contributed by atoms with Crippen molar-refractivity contribution in [3.63, 3.8) is 0 Å². The number of aliphatic hydroxyl groups is 6. The lowest BCUT2D eigenvalue weighted by Gasteiger charge is -2.47. The topological polar surface area (TPSA) is 575 Å². The Hall–Kier alpha value is -9.32. The molecule has 7 amide bonds. The zero-order valence-electron chi connectivity index (χ0n) is 60.7. The van der Waals surface area contributed by atoms with Crippen molar-refractivity contribution < 1.29 is 127 Å². The van der Waals surface area contributed by atoms with Gasteiger partial charge in [0, 0.05) is 46.7 Å². The minimum Gasteiger partial charge on any atom is -0.508 e. The molecule has 11 bridgehead atoms. The molecule has 0 spiro atoms. The lowest BCUT2D eigenvalue weighted by Crippen LogP contribution is -2.64. The Kier molecular flexibility index (Phi) is 24.7. The van der Waals surface area contributed by atoms with E-state index in [0.29, 0.717) is 0 Å². The number of phenolic OH excluding ortho intramolecular Hbond substituents is 3. The number of halogens is 2. The number of ether oxygens (including phenoxy) is 8. The molecule has 5 aromatic carbocycles. The number of carboxylic acids is 1. The smallest absolute Gasteiger partial charge is 0.330 e. The fourth-order valence-electron chi connectivity index (χ4n) is 14.3. The Morgan fingerprint density at radius 3 is 1.79 bits per heavy atom. The van der Waals surface area contributed by atoms with Crippen molar-refractivity contribution in [3.8, 4) is 57.1 Å². The first-order valence-electron chi connectivity index (χ1n) is 35.3. The van der Waals surface area contributed by atoms with Crippen LogP contribution in [0.3, 0.4) is 0 Å². The highest BCUT2D eigenvalue weighted by Gasteiger charge is 2.52. The van der Waals surface area contributed by atoms with Gasteiger partial charge < -0.3 is 143 Å². The molecular weight excluding hydrogens is 1500 g/mol. The summed E-state index contributed by atoms with van der Waals surface area (Å²) in [4.78, 5) is 120. The summed E-state index contributed by atoms with van der Waals surface area (Å²) in [5.41, 5.74) is 13.3. The lowest BCUT2D eigenvalue weighted by atomic mass is 9.86. The summed E-state index contributed by atoms with van der Waals surface area (Å²) >= 11 is 14.5. The molecule has 8 heterocycles. The Balaban J connectivity index is 1.19. The van der Waals surface area contributed by atoms with E-state index in [9.17, 15) is 70.2 Å². The minimum atomic E-state index is -2.38. The van der Waals surface area contributed by atoms with Gasteiger partial charge in [0.05, 0.1) is 53.5 Å². The number of fused-ring (bicyclic) bond motifs is 15. The van der Waals surface area contributed by atoms with Crippen LogP contribution in [0.5, 0.6) is 46.0 Å². The molecule has 0 aliphatic carbocycles. The summed E-state index contributed by atoms with van der Waals surface area (Å²) < 4.78 is 51.7. The van der Waals surface area contributed by atoms with E-state index >= 15 is 19.2 Å². The summed E-state index contributed by atoms with van der Waals surface area (Å²) in [5.74, 6) is -16.1. The predicted octanol–water partition coefficient (Wildman–Crippen LogP) is 0.344. The number of amides is 7. The largest absolute Gasteiger partial charge is 0.508 e. The average molecular weight is 1590 g/mol. The third-order valence-corrected chi connectivity index (χ3v) is 20.7. The van der Waals surface area contributed by atoms with E-state index in [1.165, 1.54) is 65.1 Å². The number of nitrogens with two attached hydrogens (primary N) is 3. The van der Waals surface area contributed by atoms with Crippen LogP contribution in [0, 0.1) is 5.92 Å². The van der Waals surface area contributed by atoms with Crippen LogP contribution in [0.2, 0.25) is 10.0 Å². The van der Waals surface area contributed by atoms with E-state index < -0.39 is 261 Å². The van der Waals surface area contributed by atoms with Crippen molar-refractivity contribution in [1.82, 2.24) is 37.2 Å². The molecule has 0 saturated carbocycles. The summed E-state index contributed by atoms with van der Waals surface area (Å²) in [7, 11) is 1.47. The Morgan fingerprint density at radius 1 is 0.658 bits per heavy atom. The average Bonchev–Trinajstić information content (AvgIpc) is 0.763. The number of nitrogens with one attached hydrogen (secondary N) is 7. The minimum absolute atomic E-state index is 0.110. The molecule has 3 saturated heterocycles. The SMILES string of the molecule is CN[C@H](CC(C)C)C(=O)N[C@H]1C(=O)N[C@@H](CC(N)=O)C(=O)N[C@H]2C(=O)N[C@H]3C(=O)N[C@H](C(=O)N[C@@H](C(=O)O)c4cc(O)cc(O)c4-c4cc3ccc4O)[C@H](O[C@H]3C[C@](C)(N)[C@H](O)[C@H](C)O3)c3ccc(c(Cl)c3)Oc3cc2cc(c3O[C@@H]2O[C@H](CO)[C@@H](O)[C@H](O)[C@H]2O[C@H]2C[C@](C)(N)[C@H](O)[C@H](C)O2)Oc2ccc(cc2Cl)[C@H]1O. The molecule has 5 aromatic rings. The zero-order chi connectivity index (χ0) is 80.9. The first-order valence-corrected chi connectivity index (χ1v) is 36.1. The van der Waals surface area contributed by atoms with E-state index in [4.69, 9.17) is 78.3 Å². The summed E-state index contributed by atoms with van der Waals surface area (Å²) in [6.45, 7) is 8.58. The van der Waals surface area contributed by atoms with Crippen molar-refractivity contribution >= 4 is 70.5 Å². The fourth-order valence-corrected chi connectivity index (χ4v) is 14.7. The monoisotopic (exact) mass is 1590 g/mol. The maximum Gasteiger partial charge on any atom is 0.330 e. The van der Waals surface area contributed by atoms with Gasteiger partial charge in [-0.2, -0.15) is 0 Å². The van der Waals surface area contributed by atoms with E-state index in [2.05, 4.69) is 37.2 Å². The first-order chi connectivity index (χ1) is 52.3. The number of phenols is 3. The van der Waals surface area contributed by atoms with Gasteiger partial charge in [-0.25, -0.2) is 4.79 Å². The molecule has 3 fully saturated rings. The van der Waals surface area contributed by atoms with Crippen molar-refractivity contribution in [3.05, 3.63) is 117 Å². The van der Waals surface area contributed by atoms with Crippen LogP contribution in [-0.4, -0.2) is 215 Å². The predicted molar refractivity (Wildman–Crippen MR) is 386 cm³/mol. The molecule has 0 aromatic heterocycles. The summed E-state index contributed by atoms with van der Waals surface area (Å²) in [5, 5.41) is 131. The number of aromatic hydroxyl groups is 3. The number of primary amides is 1. The fraction of sp³-hybridized carbons (Fsp3) is 0.479. The number of aliphatic carboxylic acids is 1. The van der Waals surface area contributed by atoms with Crippen LogP contribution in [0.1, 0.15) is 125 Å². The van der Waals surface area contributed by atoms with Crippen LogP contribution in [-0.2, 0) is 62.0 Å². The van der Waals surface area contributed by atoms with E-state index in [0.717, 1.165) is 48.5 Å². The third kappa shape index (κ3) is 17.7. The number of carbonyl (C=O) groups excluding carboxylic acids is 7. The molecule has 0 unspecified atom stereocenters. The van der Waals surface area contributed by atoms with E-state index in [1.807, 2.05) is 13.8 Å². The molecule has 22 atom stereocenters. The summed E-state index contributed by atoms with van der Waals surface area (Å²) in [6, 6.07) is -0.452. The van der Waals surface area contributed by atoms with Crippen LogP contribution >= 0.6 is 23.2 Å². The number of rotatable bonds is 15. The van der Waals surface area contributed by atoms with Crippen LogP contribution in [0.25, 0.3) is 11.1 Å². The highest BCUT2D eigenvalue weighted by molar-refractivity contribution is 6.32. The lowest BCUT2D eigenvalue weighted by molar-refractivity contribution is -0.333. The normalized spacial score (nSPS) is 32.1. The highest BCUT2D eigenvalue weighted by atomic mass is 35.5. The second kappa shape index (κ2) is 33.2. The van der Waals surface area contributed by atoms with Gasteiger partial charge in [-0.15, -0.1) is 0 Å². The molecule has 0 radical (unpaired) electrons. The maximum absolute atomic E-state index is 16.4. The Labute approximate surface area is 643 Å². The molecule has 111 heavy (non-hydrogen) atoms. The summed E-state index contributed by atoms with van der Waals surface area (Å²) in [6.07, 6.45) is -22.8. The number of carboxylic acid groups (broad SMARTS) is 1. The van der Waals surface area contributed by atoms with Gasteiger partial charge in [-0.3, -0.25) is 33.6 Å². The molecular formula is C73H88Cl2N10O26. The molecule has 8 aliphatic rings. The third-order valence-electron chi connectivity index (χ3n) is 20.1. The quantitative estimate of drug-likeness (QED) is 0.0672. The van der Waals surface area contributed by atoms with E-state index in [1.54, 1.807) is 0 Å². The number of hydrogen-bond acceptors (Lipinski definition) is 28. The zero-order valence-corrected chi connectivity index (χ0v) is 62.2. The number of likely N-dealkylation sites (N-methyl/N-ethyl adjacent to an activating group) is 1. The van der Waals surface area contributed by atoms with Crippen LogP contribution < -0.4 is 68.6 Å². The van der Waals surface area contributed by atoms with Gasteiger partial charge in [0.2, 0.25) is 53.4 Å². The van der Waals surface area contributed by atoms with Crippen LogP contribution in [0.15, 0.2) is 78.9 Å². The number of hydrogen-bond donors (Lipinski definition) is 20. The van der Waals surface area contributed by atoms with Crippen molar-refractivity contribution in [2.45, 2.75) is 201 Å². The molecule has 8 aliphatic heterocycles. The van der Waals surface area contributed by atoms with Gasteiger partial charge in [-0.05, 0) is 124 Å². The van der Waals surface area contributed by atoms with Crippen molar-refractivity contribution in [2.24, 2.45) is 23.1 Å². The molecule has 600 valence electrons. The van der Waals surface area contributed by atoms with Gasteiger partial charge >= 0.3 is 5.97 Å². The molecule has 23 N–H and O–H groups in total. The maximum atomic E-state index is 16.4. The Bertz CT molecular complexity index is 4420. The highest BCUT2D eigenvalue weighted by Crippen LogP contribution is 2.50. The standard InChI is InChI=1S/C73H88Cl2N10O26/c1-26(2)14-38(79-7)64(96)84-54-56(91)30-9-12-42(36(74)16-30)106-44-18-32-19-45(60(44)111-71-61(58(93)57(92)46(25-86)108-71)110-49-24-73(6,78)63(95)28(4)105-49)107-43-13-10-31(17-37(43)75)59(109-48-23-72(5,77)62(94)27(3)104-48)55-69(101)83-53(70(102)103)35-20-33(87)21-41(89)50(35)34-15-29(8-11-40(34)88)51(66(98)85-55)82-67(99)52(32)81-65(97)39(22-47(76)90)80-68(54)100/h8-13,15-21,26-28,38-39,46,48-49,51-59,61-63,71,79,86-89,91-95H,14,22-25,77-78H2,1-7H3,(H2,76,90)(H,80,100)(H,81,97)(H,82,99)(H,83,101)(H,84,96)(H,85,98)(H,102,103)/t27-,28-,38+,39-,46+,48-,49-,51+,52+,53+,54+,55-,56+,57+,58-,59+,61+,62+,63+,71-,72-,73-/m0/s1. The van der Waals surface area contributed by atoms with Crippen LogP contribution in [0.4, 0.5) is 0 Å². The second-order valence-corrected chi connectivity index (χ2v) is 30.1.